The smallest absolute Gasteiger partial charge is 0.295 e. The van der Waals surface area contributed by atoms with Crippen LogP contribution < -0.4 is 0 Å². The lowest BCUT2D eigenvalue weighted by molar-refractivity contribution is -0.138. The summed E-state index contributed by atoms with van der Waals surface area (Å²) in [6.45, 7) is 2.26. The Balaban J connectivity index is 0.00000243. The summed E-state index contributed by atoms with van der Waals surface area (Å²) in [5, 5.41) is 2.27. The van der Waals surface area contributed by atoms with Crippen molar-refractivity contribution in [3.63, 3.8) is 0 Å². The Labute approximate surface area is 157 Å². The van der Waals surface area contributed by atoms with Crippen molar-refractivity contribution in [1.29, 1.82) is 0 Å². The van der Waals surface area contributed by atoms with Crippen molar-refractivity contribution in [2.75, 3.05) is 7.05 Å². The van der Waals surface area contributed by atoms with Crippen LogP contribution in [0.3, 0.4) is 0 Å². The standard InChI is InChI=1S/C21H20F3N.ClH/c1-15(18-12-7-10-16-8-3-5-11-19(16)18)25(2)14-17-9-4-6-13-20(17)21(22,23)24;/h3-13,15H,14H2,1-2H3;1H/t15-;/m1./s1. The molecular weight excluding hydrogens is 359 g/mol. The third kappa shape index (κ3) is 4.19. The van der Waals surface area contributed by atoms with Gasteiger partial charge in [0, 0.05) is 12.6 Å². The molecule has 0 saturated carbocycles. The predicted octanol–water partition coefficient (Wildman–Crippen LogP) is 6.47. The molecule has 0 fully saturated rings. The third-order valence-corrected chi connectivity index (χ3v) is 4.68. The van der Waals surface area contributed by atoms with Crippen LogP contribution in [0.4, 0.5) is 13.2 Å². The molecule has 0 bridgehead atoms. The van der Waals surface area contributed by atoms with Gasteiger partial charge in [0.1, 0.15) is 0 Å². The van der Waals surface area contributed by atoms with Crippen molar-refractivity contribution >= 4 is 23.2 Å². The second-order valence-corrected chi connectivity index (χ2v) is 6.31. The number of halogens is 4. The zero-order valence-corrected chi connectivity index (χ0v) is 15.4. The van der Waals surface area contributed by atoms with E-state index in [0.717, 1.165) is 22.4 Å². The second-order valence-electron chi connectivity index (χ2n) is 6.31. The Kier molecular flexibility index (Phi) is 6.32. The molecule has 0 heterocycles. The predicted molar refractivity (Wildman–Crippen MR) is 103 cm³/mol. The molecule has 1 atom stereocenters. The van der Waals surface area contributed by atoms with Crippen LogP contribution in [-0.4, -0.2) is 11.9 Å². The van der Waals surface area contributed by atoms with Gasteiger partial charge in [-0.3, -0.25) is 4.90 Å². The lowest BCUT2D eigenvalue weighted by Gasteiger charge is -2.27. The quantitative estimate of drug-likeness (QED) is 0.502. The number of benzene rings is 3. The minimum atomic E-state index is -4.33. The summed E-state index contributed by atoms with van der Waals surface area (Å²) in [5.74, 6) is 0. The topological polar surface area (TPSA) is 3.24 Å². The van der Waals surface area contributed by atoms with Crippen molar-refractivity contribution in [3.8, 4) is 0 Å². The van der Waals surface area contributed by atoms with Gasteiger partial charge in [-0.15, -0.1) is 12.4 Å². The molecule has 26 heavy (non-hydrogen) atoms. The van der Waals surface area contributed by atoms with E-state index < -0.39 is 11.7 Å². The molecule has 5 heteroatoms. The first-order valence-corrected chi connectivity index (χ1v) is 8.21. The summed E-state index contributed by atoms with van der Waals surface area (Å²) >= 11 is 0. The summed E-state index contributed by atoms with van der Waals surface area (Å²) < 4.78 is 39.6. The van der Waals surface area contributed by atoms with Crippen LogP contribution in [0.5, 0.6) is 0 Å². The van der Waals surface area contributed by atoms with Crippen LogP contribution in [-0.2, 0) is 12.7 Å². The summed E-state index contributed by atoms with van der Waals surface area (Å²) in [6, 6.07) is 19.9. The summed E-state index contributed by atoms with van der Waals surface area (Å²) in [4.78, 5) is 1.95. The molecule has 0 unspecified atom stereocenters. The highest BCUT2D eigenvalue weighted by molar-refractivity contribution is 5.86. The fourth-order valence-corrected chi connectivity index (χ4v) is 3.19. The highest BCUT2D eigenvalue weighted by atomic mass is 35.5. The normalized spacial score (nSPS) is 12.8. The van der Waals surface area contributed by atoms with Crippen LogP contribution in [0, 0.1) is 0 Å². The molecule has 138 valence electrons. The molecule has 0 aromatic heterocycles. The first kappa shape index (κ1) is 20.3. The molecule has 3 aromatic carbocycles. The van der Waals surface area contributed by atoms with E-state index in [4.69, 9.17) is 0 Å². The number of hydrogen-bond donors (Lipinski definition) is 0. The van der Waals surface area contributed by atoms with Crippen LogP contribution >= 0.6 is 12.4 Å². The van der Waals surface area contributed by atoms with Crippen LogP contribution in [0.1, 0.15) is 29.7 Å². The molecule has 0 aliphatic carbocycles. The molecule has 0 radical (unpaired) electrons. The van der Waals surface area contributed by atoms with E-state index in [2.05, 4.69) is 6.07 Å². The molecular formula is C21H21ClF3N. The highest BCUT2D eigenvalue weighted by Crippen LogP contribution is 2.34. The summed E-state index contributed by atoms with van der Waals surface area (Å²) in [7, 11) is 1.86. The Morgan fingerprint density at radius 3 is 2.23 bits per heavy atom. The number of hydrogen-bond acceptors (Lipinski definition) is 1. The maximum Gasteiger partial charge on any atom is 0.416 e. The van der Waals surface area contributed by atoms with Crippen molar-refractivity contribution in [2.24, 2.45) is 0 Å². The zero-order chi connectivity index (χ0) is 18.0. The largest absolute Gasteiger partial charge is 0.416 e. The van der Waals surface area contributed by atoms with Gasteiger partial charge in [0.25, 0.3) is 0 Å². The van der Waals surface area contributed by atoms with Crippen LogP contribution in [0.25, 0.3) is 10.8 Å². The molecule has 0 spiro atoms. The van der Waals surface area contributed by atoms with Crippen LogP contribution in [0.2, 0.25) is 0 Å². The maximum absolute atomic E-state index is 13.2. The van der Waals surface area contributed by atoms with Gasteiger partial charge in [-0.25, -0.2) is 0 Å². The van der Waals surface area contributed by atoms with E-state index in [0.29, 0.717) is 5.56 Å². The summed E-state index contributed by atoms with van der Waals surface area (Å²) in [5.41, 5.74) is 0.849. The van der Waals surface area contributed by atoms with Gasteiger partial charge in [0.2, 0.25) is 0 Å². The molecule has 0 saturated heterocycles. The SMILES string of the molecule is C[C@H](c1cccc2ccccc12)N(C)Cc1ccccc1C(F)(F)F.Cl. The molecule has 0 N–H and O–H groups in total. The first-order chi connectivity index (χ1) is 11.9. The van der Waals surface area contributed by atoms with Crippen molar-refractivity contribution in [1.82, 2.24) is 4.90 Å². The monoisotopic (exact) mass is 379 g/mol. The second kappa shape index (κ2) is 8.11. The van der Waals surface area contributed by atoms with Crippen molar-refractivity contribution in [2.45, 2.75) is 25.7 Å². The van der Waals surface area contributed by atoms with Gasteiger partial charge in [-0.2, -0.15) is 13.2 Å². The van der Waals surface area contributed by atoms with E-state index in [1.807, 2.05) is 55.3 Å². The van der Waals surface area contributed by atoms with Gasteiger partial charge < -0.3 is 0 Å². The molecule has 1 nitrogen and oxygen atoms in total. The van der Waals surface area contributed by atoms with Gasteiger partial charge in [-0.05, 0) is 41.9 Å². The van der Waals surface area contributed by atoms with Crippen molar-refractivity contribution < 1.29 is 13.2 Å². The van der Waals surface area contributed by atoms with Crippen molar-refractivity contribution in [3.05, 3.63) is 83.4 Å². The zero-order valence-electron chi connectivity index (χ0n) is 14.6. The molecule has 3 aromatic rings. The molecule has 3 rings (SSSR count). The fourth-order valence-electron chi connectivity index (χ4n) is 3.19. The lowest BCUT2D eigenvalue weighted by atomic mass is 9.98. The Morgan fingerprint density at radius 1 is 0.885 bits per heavy atom. The lowest BCUT2D eigenvalue weighted by Crippen LogP contribution is -2.24. The molecule has 0 aliphatic rings. The number of fused-ring (bicyclic) bond motifs is 1. The average molecular weight is 380 g/mol. The van der Waals surface area contributed by atoms with Gasteiger partial charge in [0.05, 0.1) is 5.56 Å². The van der Waals surface area contributed by atoms with E-state index in [1.165, 1.54) is 6.07 Å². The van der Waals surface area contributed by atoms with Gasteiger partial charge >= 0.3 is 6.18 Å². The highest BCUT2D eigenvalue weighted by Gasteiger charge is 2.33. The maximum atomic E-state index is 13.2. The van der Waals surface area contributed by atoms with E-state index in [9.17, 15) is 13.2 Å². The fraction of sp³-hybridized carbons (Fsp3) is 0.238. The Morgan fingerprint density at radius 2 is 1.50 bits per heavy atom. The number of rotatable bonds is 4. The Hall–Kier alpha value is -2.04. The van der Waals surface area contributed by atoms with Gasteiger partial charge in [0.15, 0.2) is 0 Å². The Bertz CT molecular complexity index is 871. The minimum Gasteiger partial charge on any atom is -0.295 e. The van der Waals surface area contributed by atoms with E-state index in [1.54, 1.807) is 12.1 Å². The summed E-state index contributed by atoms with van der Waals surface area (Å²) in [6.07, 6.45) is -4.33. The van der Waals surface area contributed by atoms with Crippen LogP contribution in [0.15, 0.2) is 66.7 Å². The molecule has 0 amide bonds. The minimum absolute atomic E-state index is 0. The van der Waals surface area contributed by atoms with E-state index in [-0.39, 0.29) is 25.0 Å². The molecule has 0 aliphatic heterocycles. The van der Waals surface area contributed by atoms with Gasteiger partial charge in [-0.1, -0.05) is 60.7 Å². The third-order valence-electron chi connectivity index (χ3n) is 4.68. The van der Waals surface area contributed by atoms with E-state index >= 15 is 0 Å². The first-order valence-electron chi connectivity index (χ1n) is 8.21. The number of alkyl halides is 3. The average Bonchev–Trinajstić information content (AvgIpc) is 2.60. The number of nitrogens with zero attached hydrogens (tertiary/aromatic N) is 1.